The first-order valence-electron chi connectivity index (χ1n) is 18.1. The molecule has 252 valence electrons. The van der Waals surface area contributed by atoms with Crippen LogP contribution in [0.25, 0.3) is 99.6 Å². The Bertz CT molecular complexity index is 2750. The second-order valence-electron chi connectivity index (χ2n) is 13.4. The summed E-state index contributed by atoms with van der Waals surface area (Å²) in [7, 11) is 0. The summed E-state index contributed by atoms with van der Waals surface area (Å²) in [6.45, 7) is 0. The normalized spacial score (nSPS) is 11.3. The fourth-order valence-corrected chi connectivity index (χ4v) is 7.71. The minimum atomic E-state index is 0.859. The zero-order valence-corrected chi connectivity index (χ0v) is 29.3. The third-order valence-electron chi connectivity index (χ3n) is 10.3. The molecule has 54 heavy (non-hydrogen) atoms. The van der Waals surface area contributed by atoms with E-state index in [1.807, 2.05) is 49.1 Å². The highest BCUT2D eigenvalue weighted by Crippen LogP contribution is 2.39. The van der Waals surface area contributed by atoms with E-state index in [9.17, 15) is 0 Å². The first-order valence-corrected chi connectivity index (χ1v) is 18.1. The summed E-state index contributed by atoms with van der Waals surface area (Å²) in [6.07, 6.45) is 7.39. The lowest BCUT2D eigenvalue weighted by atomic mass is 9.92. The largest absolute Gasteiger partial charge is 0.265 e. The van der Waals surface area contributed by atoms with Crippen molar-refractivity contribution in [1.29, 1.82) is 0 Å². The van der Waals surface area contributed by atoms with Crippen molar-refractivity contribution < 1.29 is 0 Å². The van der Waals surface area contributed by atoms with Gasteiger partial charge in [0.05, 0.1) is 22.4 Å². The van der Waals surface area contributed by atoms with Crippen LogP contribution in [0, 0.1) is 0 Å². The van der Waals surface area contributed by atoms with Gasteiger partial charge in [-0.2, -0.15) is 0 Å². The predicted molar refractivity (Wildman–Crippen MR) is 223 cm³/mol. The van der Waals surface area contributed by atoms with Gasteiger partial charge in [0.25, 0.3) is 0 Å². The Morgan fingerprint density at radius 2 is 0.537 bits per heavy atom. The van der Waals surface area contributed by atoms with Gasteiger partial charge < -0.3 is 0 Å². The SMILES string of the molecule is c1ccc2nc(-c3ccc(-c4cccc5c(-c6ccncc6)cccc45)cc3)c(-c3ccc(-c4cccc5c(-c6ccncc6)cccc45)cc3)nc2c1. The standard InChI is InChI=1S/C50H32N4/c1-2-16-48-47(15-1)53-49(37-21-17-33(18-22-37)39-7-3-13-45-41(9-5-11-43(39)45)35-25-29-51-30-26-35)50(54-48)38-23-19-34(20-24-38)40-8-4-14-46-42(10-6-12-44(40)46)36-27-31-52-32-28-36/h1-32H. The summed E-state index contributed by atoms with van der Waals surface area (Å²) in [5.41, 5.74) is 14.9. The number of nitrogens with zero attached hydrogens (tertiary/aromatic N) is 4. The van der Waals surface area contributed by atoms with Crippen molar-refractivity contribution in [3.05, 3.63) is 195 Å². The molecule has 0 fully saturated rings. The summed E-state index contributed by atoms with van der Waals surface area (Å²) in [5, 5.41) is 4.86. The molecule has 0 bridgehead atoms. The molecule has 4 heteroatoms. The lowest BCUT2D eigenvalue weighted by Gasteiger charge is -2.14. The van der Waals surface area contributed by atoms with Crippen LogP contribution < -0.4 is 0 Å². The summed E-state index contributed by atoms with van der Waals surface area (Å²) >= 11 is 0. The summed E-state index contributed by atoms with van der Waals surface area (Å²) < 4.78 is 0. The highest BCUT2D eigenvalue weighted by molar-refractivity contribution is 6.06. The molecule has 0 unspecified atom stereocenters. The van der Waals surface area contributed by atoms with Crippen molar-refractivity contribution in [1.82, 2.24) is 19.9 Å². The van der Waals surface area contributed by atoms with Crippen LogP contribution in [0.5, 0.6) is 0 Å². The van der Waals surface area contributed by atoms with E-state index in [1.54, 1.807) is 0 Å². The molecule has 4 nitrogen and oxygen atoms in total. The average molecular weight is 689 g/mol. The van der Waals surface area contributed by atoms with Gasteiger partial charge >= 0.3 is 0 Å². The number of hydrogen-bond donors (Lipinski definition) is 0. The maximum absolute atomic E-state index is 5.21. The van der Waals surface area contributed by atoms with E-state index >= 15 is 0 Å². The summed E-state index contributed by atoms with van der Waals surface area (Å²) in [6, 6.07) is 60.0. The van der Waals surface area contributed by atoms with Crippen LogP contribution in [-0.4, -0.2) is 19.9 Å². The number of para-hydroxylation sites is 2. The maximum Gasteiger partial charge on any atom is 0.0973 e. The van der Waals surface area contributed by atoms with Gasteiger partial charge in [-0.05, 0) is 102 Å². The lowest BCUT2D eigenvalue weighted by molar-refractivity contribution is 1.29. The Hall–Kier alpha value is -7.30. The molecule has 0 saturated heterocycles. The zero-order valence-electron chi connectivity index (χ0n) is 29.3. The monoisotopic (exact) mass is 688 g/mol. The first-order chi connectivity index (χ1) is 26.8. The van der Waals surface area contributed by atoms with Crippen LogP contribution >= 0.6 is 0 Å². The Labute approximate surface area is 313 Å². The van der Waals surface area contributed by atoms with Crippen LogP contribution in [0.1, 0.15) is 0 Å². The fourth-order valence-electron chi connectivity index (χ4n) is 7.71. The molecule has 0 amide bonds. The number of rotatable bonds is 6. The molecule has 10 rings (SSSR count). The van der Waals surface area contributed by atoms with E-state index in [1.165, 1.54) is 43.8 Å². The number of pyridine rings is 2. The van der Waals surface area contributed by atoms with Crippen LogP contribution in [0.15, 0.2) is 195 Å². The molecule has 10 aromatic rings. The van der Waals surface area contributed by atoms with Gasteiger partial charge in [-0.25, -0.2) is 9.97 Å². The molecule has 0 aliphatic heterocycles. The molecule has 0 spiro atoms. The van der Waals surface area contributed by atoms with Gasteiger partial charge in [-0.15, -0.1) is 0 Å². The second kappa shape index (κ2) is 13.4. The van der Waals surface area contributed by atoms with Crippen LogP contribution in [0.2, 0.25) is 0 Å². The van der Waals surface area contributed by atoms with Crippen LogP contribution in [0.3, 0.4) is 0 Å². The Balaban J connectivity index is 1.04. The summed E-state index contributed by atoms with van der Waals surface area (Å²) in [4.78, 5) is 18.9. The van der Waals surface area contributed by atoms with E-state index in [4.69, 9.17) is 9.97 Å². The maximum atomic E-state index is 5.21. The molecule has 0 radical (unpaired) electrons. The van der Waals surface area contributed by atoms with Crippen molar-refractivity contribution >= 4 is 32.6 Å². The van der Waals surface area contributed by atoms with Crippen LogP contribution in [-0.2, 0) is 0 Å². The van der Waals surface area contributed by atoms with E-state index in [-0.39, 0.29) is 0 Å². The Morgan fingerprint density at radius 1 is 0.241 bits per heavy atom. The fraction of sp³-hybridized carbons (Fsp3) is 0. The van der Waals surface area contributed by atoms with Crippen molar-refractivity contribution in [2.45, 2.75) is 0 Å². The van der Waals surface area contributed by atoms with Crippen molar-refractivity contribution in [3.8, 4) is 67.0 Å². The Kier molecular flexibility index (Phi) is 7.77. The molecular formula is C50H32N4. The van der Waals surface area contributed by atoms with Crippen LogP contribution in [0.4, 0.5) is 0 Å². The van der Waals surface area contributed by atoms with Gasteiger partial charge in [-0.1, -0.05) is 133 Å². The molecule has 0 saturated carbocycles. The van der Waals surface area contributed by atoms with Crippen molar-refractivity contribution in [2.24, 2.45) is 0 Å². The lowest BCUT2D eigenvalue weighted by Crippen LogP contribution is -1.96. The molecular weight excluding hydrogens is 657 g/mol. The van der Waals surface area contributed by atoms with Crippen molar-refractivity contribution in [2.75, 3.05) is 0 Å². The first kappa shape index (κ1) is 31.4. The molecule has 0 aliphatic rings. The minimum absolute atomic E-state index is 0.859. The molecule has 7 aromatic carbocycles. The quantitative estimate of drug-likeness (QED) is 0.174. The van der Waals surface area contributed by atoms with Gasteiger partial charge in [0, 0.05) is 35.9 Å². The molecule has 3 heterocycles. The molecule has 0 N–H and O–H groups in total. The third kappa shape index (κ3) is 5.58. The zero-order chi connectivity index (χ0) is 35.8. The number of hydrogen-bond acceptors (Lipinski definition) is 4. The van der Waals surface area contributed by atoms with Gasteiger partial charge in [0.15, 0.2) is 0 Å². The highest BCUT2D eigenvalue weighted by atomic mass is 14.8. The second-order valence-corrected chi connectivity index (χ2v) is 13.4. The van der Waals surface area contributed by atoms with Crippen molar-refractivity contribution in [3.63, 3.8) is 0 Å². The van der Waals surface area contributed by atoms with E-state index in [0.29, 0.717) is 0 Å². The smallest absolute Gasteiger partial charge is 0.0973 e. The van der Waals surface area contributed by atoms with Gasteiger partial charge in [-0.3, -0.25) is 9.97 Å². The molecule has 0 atom stereocenters. The summed E-state index contributed by atoms with van der Waals surface area (Å²) in [5.74, 6) is 0. The number of aromatic nitrogens is 4. The molecule has 3 aromatic heterocycles. The highest BCUT2D eigenvalue weighted by Gasteiger charge is 2.16. The topological polar surface area (TPSA) is 51.6 Å². The van der Waals surface area contributed by atoms with E-state index < -0.39 is 0 Å². The van der Waals surface area contributed by atoms with E-state index in [2.05, 4.69) is 156 Å². The predicted octanol–water partition coefficient (Wildman–Crippen LogP) is 12.7. The number of benzene rings is 7. The minimum Gasteiger partial charge on any atom is -0.265 e. The van der Waals surface area contributed by atoms with Gasteiger partial charge in [0.2, 0.25) is 0 Å². The van der Waals surface area contributed by atoms with Gasteiger partial charge in [0.1, 0.15) is 0 Å². The Morgan fingerprint density at radius 3 is 0.870 bits per heavy atom. The average Bonchev–Trinajstić information content (AvgIpc) is 3.26. The van der Waals surface area contributed by atoms with E-state index in [0.717, 1.165) is 55.8 Å². The third-order valence-corrected chi connectivity index (χ3v) is 10.3. The molecule has 0 aliphatic carbocycles. The number of fused-ring (bicyclic) bond motifs is 3.